The molecular formula is C12H22N2O3. The zero-order valence-electron chi connectivity index (χ0n) is 10.6. The summed E-state index contributed by atoms with van der Waals surface area (Å²) < 4.78 is 4.87. The fraction of sp³-hybridized carbons (Fsp3) is 0.833. The van der Waals surface area contributed by atoms with E-state index in [-0.39, 0.29) is 17.8 Å². The average molecular weight is 242 g/mol. The van der Waals surface area contributed by atoms with Crippen molar-refractivity contribution in [2.24, 2.45) is 5.92 Å². The van der Waals surface area contributed by atoms with Crippen molar-refractivity contribution in [3.8, 4) is 0 Å². The van der Waals surface area contributed by atoms with Crippen molar-refractivity contribution in [3.05, 3.63) is 0 Å². The first kappa shape index (κ1) is 14.0. The van der Waals surface area contributed by atoms with Gasteiger partial charge in [0.25, 0.3) is 0 Å². The first-order valence-electron chi connectivity index (χ1n) is 6.30. The molecule has 2 unspecified atom stereocenters. The SMILES string of the molecule is CCOC(=O)C(C)CNC(=O)CC1CCCN1. The maximum atomic E-state index is 11.6. The van der Waals surface area contributed by atoms with Crippen LogP contribution in [0, 0.1) is 5.92 Å². The van der Waals surface area contributed by atoms with E-state index in [1.807, 2.05) is 0 Å². The molecule has 0 aromatic rings. The normalized spacial score (nSPS) is 20.9. The molecule has 1 fully saturated rings. The number of amides is 1. The average Bonchev–Trinajstić information content (AvgIpc) is 2.79. The molecule has 5 heteroatoms. The summed E-state index contributed by atoms with van der Waals surface area (Å²) in [7, 11) is 0. The molecule has 0 radical (unpaired) electrons. The van der Waals surface area contributed by atoms with E-state index in [9.17, 15) is 9.59 Å². The summed E-state index contributed by atoms with van der Waals surface area (Å²) >= 11 is 0. The number of carbonyl (C=O) groups is 2. The fourth-order valence-corrected chi connectivity index (χ4v) is 1.86. The Bertz CT molecular complexity index is 262. The highest BCUT2D eigenvalue weighted by atomic mass is 16.5. The zero-order chi connectivity index (χ0) is 12.7. The van der Waals surface area contributed by atoms with Gasteiger partial charge in [-0.3, -0.25) is 9.59 Å². The Hall–Kier alpha value is -1.10. The fourth-order valence-electron chi connectivity index (χ4n) is 1.86. The van der Waals surface area contributed by atoms with E-state index in [4.69, 9.17) is 4.74 Å². The van der Waals surface area contributed by atoms with Crippen molar-refractivity contribution in [2.75, 3.05) is 19.7 Å². The molecule has 0 aromatic heterocycles. The second-order valence-corrected chi connectivity index (χ2v) is 4.45. The molecule has 1 heterocycles. The van der Waals surface area contributed by atoms with E-state index in [1.165, 1.54) is 0 Å². The minimum Gasteiger partial charge on any atom is -0.466 e. The highest BCUT2D eigenvalue weighted by Gasteiger charge is 2.19. The minimum absolute atomic E-state index is 0.000508. The van der Waals surface area contributed by atoms with E-state index in [0.29, 0.717) is 25.6 Å². The third-order valence-electron chi connectivity index (χ3n) is 2.89. The van der Waals surface area contributed by atoms with Gasteiger partial charge in [-0.05, 0) is 26.3 Å². The third kappa shape index (κ3) is 5.17. The first-order chi connectivity index (χ1) is 8.13. The van der Waals surface area contributed by atoms with Crippen molar-refractivity contribution < 1.29 is 14.3 Å². The second-order valence-electron chi connectivity index (χ2n) is 4.45. The van der Waals surface area contributed by atoms with Crippen LogP contribution in [0.4, 0.5) is 0 Å². The summed E-state index contributed by atoms with van der Waals surface area (Å²) in [6, 6.07) is 0.299. The monoisotopic (exact) mass is 242 g/mol. The van der Waals surface area contributed by atoms with Gasteiger partial charge in [-0.1, -0.05) is 6.92 Å². The van der Waals surface area contributed by atoms with Gasteiger partial charge in [-0.25, -0.2) is 0 Å². The van der Waals surface area contributed by atoms with Crippen LogP contribution in [0.25, 0.3) is 0 Å². The summed E-state index contributed by atoms with van der Waals surface area (Å²) in [5.41, 5.74) is 0. The van der Waals surface area contributed by atoms with E-state index in [1.54, 1.807) is 13.8 Å². The lowest BCUT2D eigenvalue weighted by Gasteiger charge is -2.13. The highest BCUT2D eigenvalue weighted by Crippen LogP contribution is 2.08. The van der Waals surface area contributed by atoms with Gasteiger partial charge in [0.1, 0.15) is 0 Å². The van der Waals surface area contributed by atoms with Gasteiger partial charge in [0.05, 0.1) is 12.5 Å². The van der Waals surface area contributed by atoms with Gasteiger partial charge in [0, 0.05) is 19.0 Å². The quantitative estimate of drug-likeness (QED) is 0.663. The van der Waals surface area contributed by atoms with Crippen LogP contribution < -0.4 is 10.6 Å². The Morgan fingerprint density at radius 2 is 2.29 bits per heavy atom. The molecule has 0 bridgehead atoms. The van der Waals surface area contributed by atoms with Crippen LogP contribution in [-0.4, -0.2) is 37.6 Å². The van der Waals surface area contributed by atoms with Crippen molar-refractivity contribution >= 4 is 11.9 Å². The number of esters is 1. The smallest absolute Gasteiger partial charge is 0.310 e. The number of hydrogen-bond donors (Lipinski definition) is 2. The predicted molar refractivity (Wildman–Crippen MR) is 64.4 cm³/mol. The summed E-state index contributed by atoms with van der Waals surface area (Å²) in [5, 5.41) is 6.03. The van der Waals surface area contributed by atoms with E-state index >= 15 is 0 Å². The van der Waals surface area contributed by atoms with Crippen LogP contribution >= 0.6 is 0 Å². The zero-order valence-corrected chi connectivity index (χ0v) is 10.6. The molecular weight excluding hydrogens is 220 g/mol. The van der Waals surface area contributed by atoms with Gasteiger partial charge >= 0.3 is 5.97 Å². The van der Waals surface area contributed by atoms with Crippen LogP contribution in [0.1, 0.15) is 33.1 Å². The Morgan fingerprint density at radius 3 is 2.88 bits per heavy atom. The van der Waals surface area contributed by atoms with Crippen LogP contribution in [0.5, 0.6) is 0 Å². The second kappa shape index (κ2) is 7.27. The number of ether oxygens (including phenoxy) is 1. The third-order valence-corrected chi connectivity index (χ3v) is 2.89. The minimum atomic E-state index is -0.282. The lowest BCUT2D eigenvalue weighted by molar-refractivity contribution is -0.147. The van der Waals surface area contributed by atoms with Crippen molar-refractivity contribution in [1.82, 2.24) is 10.6 Å². The Kier molecular flexibility index (Phi) is 5.97. The summed E-state index contributed by atoms with van der Waals surface area (Å²) in [4.78, 5) is 22.9. The van der Waals surface area contributed by atoms with Crippen LogP contribution in [0.15, 0.2) is 0 Å². The Morgan fingerprint density at radius 1 is 1.53 bits per heavy atom. The maximum absolute atomic E-state index is 11.6. The van der Waals surface area contributed by atoms with E-state index in [0.717, 1.165) is 19.4 Å². The first-order valence-corrected chi connectivity index (χ1v) is 6.30. The molecule has 1 aliphatic rings. The number of carbonyl (C=O) groups excluding carboxylic acids is 2. The molecule has 0 aliphatic carbocycles. The Balaban J connectivity index is 2.16. The van der Waals surface area contributed by atoms with Crippen LogP contribution in [0.3, 0.4) is 0 Å². The van der Waals surface area contributed by atoms with Crippen molar-refractivity contribution in [1.29, 1.82) is 0 Å². The maximum Gasteiger partial charge on any atom is 0.310 e. The van der Waals surface area contributed by atoms with Crippen molar-refractivity contribution in [2.45, 2.75) is 39.2 Å². The molecule has 1 amide bonds. The molecule has 1 rings (SSSR count). The van der Waals surface area contributed by atoms with Gasteiger partial charge in [-0.15, -0.1) is 0 Å². The van der Waals surface area contributed by atoms with Gasteiger partial charge in [0.2, 0.25) is 5.91 Å². The molecule has 0 aromatic carbocycles. The lowest BCUT2D eigenvalue weighted by atomic mass is 10.1. The van der Waals surface area contributed by atoms with Gasteiger partial charge in [0.15, 0.2) is 0 Å². The van der Waals surface area contributed by atoms with Crippen LogP contribution in [0.2, 0.25) is 0 Å². The molecule has 5 nitrogen and oxygen atoms in total. The lowest BCUT2D eigenvalue weighted by Crippen LogP contribution is -2.36. The molecule has 1 aliphatic heterocycles. The molecule has 2 atom stereocenters. The largest absolute Gasteiger partial charge is 0.466 e. The van der Waals surface area contributed by atoms with Gasteiger partial charge in [-0.2, -0.15) is 0 Å². The van der Waals surface area contributed by atoms with Gasteiger partial charge < -0.3 is 15.4 Å². The molecule has 0 saturated carbocycles. The molecule has 2 N–H and O–H groups in total. The number of nitrogens with one attached hydrogen (secondary N) is 2. The topological polar surface area (TPSA) is 67.4 Å². The molecule has 98 valence electrons. The molecule has 1 saturated heterocycles. The summed E-state index contributed by atoms with van der Waals surface area (Å²) in [6.45, 7) is 5.26. The number of hydrogen-bond acceptors (Lipinski definition) is 4. The van der Waals surface area contributed by atoms with E-state index in [2.05, 4.69) is 10.6 Å². The van der Waals surface area contributed by atoms with Crippen molar-refractivity contribution in [3.63, 3.8) is 0 Å². The molecule has 0 spiro atoms. The summed E-state index contributed by atoms with van der Waals surface area (Å²) in [6.07, 6.45) is 2.69. The highest BCUT2D eigenvalue weighted by molar-refractivity contribution is 5.78. The number of rotatable bonds is 6. The van der Waals surface area contributed by atoms with E-state index < -0.39 is 0 Å². The summed E-state index contributed by atoms with van der Waals surface area (Å²) in [5.74, 6) is -0.539. The predicted octanol–water partition coefficient (Wildman–Crippen LogP) is 0.444. The Labute approximate surface area is 102 Å². The van der Waals surface area contributed by atoms with Crippen LogP contribution in [-0.2, 0) is 14.3 Å². The standard InChI is InChI=1S/C12H22N2O3/c1-3-17-12(16)9(2)8-14-11(15)7-10-5-4-6-13-10/h9-10,13H,3-8H2,1-2H3,(H,14,15). The molecule has 17 heavy (non-hydrogen) atoms.